The summed E-state index contributed by atoms with van der Waals surface area (Å²) in [4.78, 5) is 0. The van der Waals surface area contributed by atoms with E-state index < -0.39 is 7.14 Å². The fourth-order valence-electron chi connectivity index (χ4n) is 3.79. The second-order valence-corrected chi connectivity index (χ2v) is 10.3. The summed E-state index contributed by atoms with van der Waals surface area (Å²) in [7, 11) is -1.24. The quantitative estimate of drug-likeness (QED) is 0.358. The van der Waals surface area contributed by atoms with Crippen molar-refractivity contribution < 1.29 is 9.30 Å². The molecule has 0 spiro atoms. The van der Waals surface area contributed by atoms with E-state index in [0.29, 0.717) is 6.16 Å². The minimum absolute atomic E-state index is 0.139. The summed E-state index contributed by atoms with van der Waals surface area (Å²) in [6.45, 7) is 0. The Bertz CT molecular complexity index is 1100. The third-order valence-electron chi connectivity index (χ3n) is 5.40. The highest BCUT2D eigenvalue weighted by Crippen LogP contribution is 2.47. The Kier molecular flexibility index (Phi) is 6.54. The highest BCUT2D eigenvalue weighted by Gasteiger charge is 2.31. The lowest BCUT2D eigenvalue weighted by atomic mass is 10.1. The average Bonchev–Trinajstić information content (AvgIpc) is 2.85. The van der Waals surface area contributed by atoms with Crippen LogP contribution in [0.5, 0.6) is 5.75 Å². The maximum absolute atomic E-state index is 14.6. The Morgan fingerprint density at radius 1 is 0.742 bits per heavy atom. The van der Waals surface area contributed by atoms with Gasteiger partial charge >= 0.3 is 0 Å². The van der Waals surface area contributed by atoms with Crippen LogP contribution in [-0.2, 0) is 4.57 Å². The van der Waals surface area contributed by atoms with Crippen LogP contribution in [0.4, 0.5) is 5.69 Å². The lowest BCUT2D eigenvalue weighted by molar-refractivity contribution is 0.415. The summed E-state index contributed by atoms with van der Waals surface area (Å²) in [6.07, 6.45) is 0.461. The second kappa shape index (κ2) is 9.68. The molecule has 0 fully saturated rings. The molecule has 4 heteroatoms. The monoisotopic (exact) mass is 427 g/mol. The van der Waals surface area contributed by atoms with Gasteiger partial charge < -0.3 is 14.6 Å². The van der Waals surface area contributed by atoms with Crippen LogP contribution in [0.25, 0.3) is 0 Å². The molecule has 4 aromatic rings. The van der Waals surface area contributed by atoms with E-state index in [4.69, 9.17) is 4.74 Å². The van der Waals surface area contributed by atoms with Gasteiger partial charge in [0.1, 0.15) is 12.9 Å². The smallest absolute Gasteiger partial charge is 0.145 e. The van der Waals surface area contributed by atoms with Crippen molar-refractivity contribution in [2.75, 3.05) is 18.6 Å². The third-order valence-corrected chi connectivity index (χ3v) is 8.54. The predicted octanol–water partition coefficient (Wildman–Crippen LogP) is 5.86. The molecule has 0 saturated carbocycles. The molecule has 0 radical (unpaired) electrons. The minimum atomic E-state index is -2.90. The summed E-state index contributed by atoms with van der Waals surface area (Å²) in [5.74, 6) is 0.783. The van der Waals surface area contributed by atoms with Crippen LogP contribution in [0.3, 0.4) is 0 Å². The zero-order valence-corrected chi connectivity index (χ0v) is 18.4. The van der Waals surface area contributed by atoms with Gasteiger partial charge in [-0.15, -0.1) is 0 Å². The molecule has 0 amide bonds. The molecule has 0 aliphatic rings. The van der Waals surface area contributed by atoms with Gasteiger partial charge in [0.15, 0.2) is 0 Å². The van der Waals surface area contributed by atoms with E-state index in [1.165, 1.54) is 0 Å². The van der Waals surface area contributed by atoms with Crippen molar-refractivity contribution in [1.82, 2.24) is 0 Å². The molecule has 0 heterocycles. The Morgan fingerprint density at radius 3 is 1.84 bits per heavy atom. The first-order valence-corrected chi connectivity index (χ1v) is 12.2. The van der Waals surface area contributed by atoms with Gasteiger partial charge in [-0.25, -0.2) is 0 Å². The van der Waals surface area contributed by atoms with E-state index in [0.717, 1.165) is 27.6 Å². The van der Waals surface area contributed by atoms with Crippen LogP contribution in [-0.4, -0.2) is 13.3 Å². The topological polar surface area (TPSA) is 38.3 Å². The van der Waals surface area contributed by atoms with Crippen LogP contribution >= 0.6 is 7.14 Å². The van der Waals surface area contributed by atoms with Crippen molar-refractivity contribution in [3.8, 4) is 5.75 Å². The largest absolute Gasteiger partial charge is 0.497 e. The van der Waals surface area contributed by atoms with Gasteiger partial charge in [-0.3, -0.25) is 0 Å². The lowest BCUT2D eigenvalue weighted by Crippen LogP contribution is -2.25. The Morgan fingerprint density at radius 2 is 1.29 bits per heavy atom. The number of ether oxygens (including phenoxy) is 1. The van der Waals surface area contributed by atoms with Crippen LogP contribution in [0.15, 0.2) is 115 Å². The number of methoxy groups -OCH3 is 1. The zero-order valence-electron chi connectivity index (χ0n) is 17.5. The lowest BCUT2D eigenvalue weighted by Gasteiger charge is -2.27. The van der Waals surface area contributed by atoms with Gasteiger partial charge in [-0.1, -0.05) is 97.1 Å². The first-order valence-electron chi connectivity index (χ1n) is 10.3. The van der Waals surface area contributed by atoms with E-state index in [1.54, 1.807) is 7.11 Å². The van der Waals surface area contributed by atoms with Crippen LogP contribution < -0.4 is 20.7 Å². The SMILES string of the molecule is COc1cccc(NC(CP(=O)(c2ccccc2)c2ccccc2)c2ccccc2)c1. The van der Waals surface area contributed by atoms with Gasteiger partial charge in [0, 0.05) is 28.5 Å². The van der Waals surface area contributed by atoms with Gasteiger partial charge in [0.05, 0.1) is 13.2 Å². The molecule has 156 valence electrons. The maximum Gasteiger partial charge on any atom is 0.145 e. The molecule has 0 saturated heterocycles. The highest BCUT2D eigenvalue weighted by molar-refractivity contribution is 7.78. The Labute approximate surface area is 184 Å². The number of hydrogen-bond donors (Lipinski definition) is 1. The van der Waals surface area contributed by atoms with Gasteiger partial charge in [0.2, 0.25) is 0 Å². The first-order chi connectivity index (χ1) is 15.2. The van der Waals surface area contributed by atoms with Crippen LogP contribution in [0, 0.1) is 0 Å². The standard InChI is InChI=1S/C27H26NO2P/c1-30-24-15-11-14-23(20-24)28-27(22-12-5-2-6-13-22)21-31(29,25-16-7-3-8-17-25)26-18-9-4-10-19-26/h2-20,27-28H,21H2,1H3. The number of nitrogens with one attached hydrogen (secondary N) is 1. The molecular weight excluding hydrogens is 401 g/mol. The summed E-state index contributed by atoms with van der Waals surface area (Å²) in [6, 6.07) is 37.5. The second-order valence-electron chi connectivity index (χ2n) is 7.43. The molecule has 1 N–H and O–H groups in total. The molecular formula is C27H26NO2P. The Hall–Kier alpha value is -3.29. The van der Waals surface area contributed by atoms with E-state index in [-0.39, 0.29) is 6.04 Å². The third kappa shape index (κ3) is 4.90. The normalized spacial score (nSPS) is 12.2. The van der Waals surface area contributed by atoms with Crippen molar-refractivity contribution in [2.45, 2.75) is 6.04 Å². The molecule has 0 aromatic heterocycles. The Balaban J connectivity index is 1.77. The number of anilines is 1. The van der Waals surface area contributed by atoms with Gasteiger partial charge in [0.25, 0.3) is 0 Å². The zero-order chi connectivity index (χ0) is 21.5. The number of hydrogen-bond acceptors (Lipinski definition) is 3. The summed E-state index contributed by atoms with van der Waals surface area (Å²) >= 11 is 0. The maximum atomic E-state index is 14.6. The van der Waals surface area contributed by atoms with Crippen molar-refractivity contribution in [1.29, 1.82) is 0 Å². The van der Waals surface area contributed by atoms with Crippen LogP contribution in [0.2, 0.25) is 0 Å². The van der Waals surface area contributed by atoms with E-state index in [2.05, 4.69) is 17.4 Å². The predicted molar refractivity (Wildman–Crippen MR) is 130 cm³/mol. The van der Waals surface area contributed by atoms with Gasteiger partial charge in [-0.2, -0.15) is 0 Å². The average molecular weight is 427 g/mol. The van der Waals surface area contributed by atoms with Crippen molar-refractivity contribution >= 4 is 23.4 Å². The molecule has 1 atom stereocenters. The molecule has 3 nitrogen and oxygen atoms in total. The van der Waals surface area contributed by atoms with E-state index in [9.17, 15) is 4.57 Å². The van der Waals surface area contributed by atoms with Crippen LogP contribution in [0.1, 0.15) is 11.6 Å². The van der Waals surface area contributed by atoms with Gasteiger partial charge in [-0.05, 0) is 17.7 Å². The molecule has 31 heavy (non-hydrogen) atoms. The van der Waals surface area contributed by atoms with E-state index in [1.807, 2.05) is 103 Å². The number of rotatable bonds is 8. The highest BCUT2D eigenvalue weighted by atomic mass is 31.2. The first kappa shape index (κ1) is 21.0. The van der Waals surface area contributed by atoms with Crippen molar-refractivity contribution in [2.24, 2.45) is 0 Å². The summed E-state index contributed by atoms with van der Waals surface area (Å²) < 4.78 is 20.0. The molecule has 4 rings (SSSR count). The molecule has 4 aromatic carbocycles. The number of benzene rings is 4. The molecule has 1 unspecified atom stereocenters. The summed E-state index contributed by atoms with van der Waals surface area (Å²) in [5.41, 5.74) is 2.03. The van der Waals surface area contributed by atoms with Crippen molar-refractivity contribution in [3.05, 3.63) is 121 Å². The fraction of sp³-hybridized carbons (Fsp3) is 0.111. The summed E-state index contributed by atoms with van der Waals surface area (Å²) in [5, 5.41) is 5.35. The minimum Gasteiger partial charge on any atom is -0.497 e. The van der Waals surface area contributed by atoms with Crippen molar-refractivity contribution in [3.63, 3.8) is 0 Å². The molecule has 0 bridgehead atoms. The fourth-order valence-corrected chi connectivity index (χ4v) is 6.63. The molecule has 0 aliphatic heterocycles. The van der Waals surface area contributed by atoms with E-state index >= 15 is 0 Å². The molecule has 0 aliphatic carbocycles.